The van der Waals surface area contributed by atoms with Gasteiger partial charge in [0.1, 0.15) is 0 Å². The van der Waals surface area contributed by atoms with E-state index < -0.39 is 5.82 Å². The molecule has 0 aromatic heterocycles. The highest BCUT2D eigenvalue weighted by molar-refractivity contribution is 5.70. The van der Waals surface area contributed by atoms with Crippen molar-refractivity contribution in [1.82, 2.24) is 0 Å². The fourth-order valence-electron chi connectivity index (χ4n) is 2.16. The molecule has 0 saturated carbocycles. The van der Waals surface area contributed by atoms with E-state index in [1.807, 2.05) is 30.3 Å². The molecule has 0 bridgehead atoms. The standard InChI is InChI=1S/C17H19FO/c1-17(2,3)11-13-9-10-14(16(19)15(13)18)12-7-5-4-6-8-12/h4-10,19H,11H2,1-3H3. The van der Waals surface area contributed by atoms with Crippen LogP contribution in [0.25, 0.3) is 11.1 Å². The molecule has 2 aromatic rings. The molecule has 2 aromatic carbocycles. The van der Waals surface area contributed by atoms with Gasteiger partial charge in [-0.3, -0.25) is 0 Å². The van der Waals surface area contributed by atoms with Crippen molar-refractivity contribution in [2.45, 2.75) is 27.2 Å². The topological polar surface area (TPSA) is 20.2 Å². The number of phenols is 1. The van der Waals surface area contributed by atoms with Crippen LogP contribution in [0, 0.1) is 11.2 Å². The number of hydrogen-bond donors (Lipinski definition) is 1. The van der Waals surface area contributed by atoms with Gasteiger partial charge in [0.25, 0.3) is 0 Å². The van der Waals surface area contributed by atoms with Gasteiger partial charge in [0.15, 0.2) is 11.6 Å². The van der Waals surface area contributed by atoms with E-state index in [0.717, 1.165) is 5.56 Å². The quantitative estimate of drug-likeness (QED) is 0.821. The zero-order valence-corrected chi connectivity index (χ0v) is 11.6. The SMILES string of the molecule is CC(C)(C)Cc1ccc(-c2ccccc2)c(O)c1F. The molecule has 0 atom stereocenters. The minimum absolute atomic E-state index is 0.0124. The Morgan fingerprint density at radius 1 is 1.00 bits per heavy atom. The third-order valence-electron chi connectivity index (χ3n) is 3.00. The van der Waals surface area contributed by atoms with Crippen LogP contribution < -0.4 is 0 Å². The van der Waals surface area contributed by atoms with Gasteiger partial charge in [-0.1, -0.05) is 63.2 Å². The van der Waals surface area contributed by atoms with Crippen LogP contribution in [0.5, 0.6) is 5.75 Å². The van der Waals surface area contributed by atoms with Gasteiger partial charge in [0.2, 0.25) is 0 Å². The van der Waals surface area contributed by atoms with Crippen LogP contribution in [-0.2, 0) is 6.42 Å². The summed E-state index contributed by atoms with van der Waals surface area (Å²) >= 11 is 0. The summed E-state index contributed by atoms with van der Waals surface area (Å²) in [6, 6.07) is 12.9. The molecule has 100 valence electrons. The molecule has 0 aliphatic carbocycles. The Morgan fingerprint density at radius 2 is 1.63 bits per heavy atom. The lowest BCUT2D eigenvalue weighted by Crippen LogP contribution is -2.10. The number of phenolic OH excluding ortho intramolecular Hbond substituents is 1. The van der Waals surface area contributed by atoms with Crippen LogP contribution in [-0.4, -0.2) is 5.11 Å². The van der Waals surface area contributed by atoms with E-state index in [0.29, 0.717) is 17.5 Å². The largest absolute Gasteiger partial charge is 0.504 e. The molecule has 0 radical (unpaired) electrons. The summed E-state index contributed by atoms with van der Waals surface area (Å²) in [5, 5.41) is 10.1. The molecular weight excluding hydrogens is 239 g/mol. The highest BCUT2D eigenvalue weighted by Crippen LogP contribution is 2.35. The number of halogens is 1. The summed E-state index contributed by atoms with van der Waals surface area (Å²) in [5.41, 5.74) is 1.91. The third-order valence-corrected chi connectivity index (χ3v) is 3.00. The molecule has 0 spiro atoms. The first-order valence-corrected chi connectivity index (χ1v) is 6.44. The van der Waals surface area contributed by atoms with Crippen molar-refractivity contribution >= 4 is 0 Å². The molecule has 2 heteroatoms. The van der Waals surface area contributed by atoms with Crippen LogP contribution in [0.15, 0.2) is 42.5 Å². The maximum atomic E-state index is 14.2. The Hall–Kier alpha value is -1.83. The van der Waals surface area contributed by atoms with Crippen molar-refractivity contribution in [2.75, 3.05) is 0 Å². The highest BCUT2D eigenvalue weighted by atomic mass is 19.1. The van der Waals surface area contributed by atoms with Gasteiger partial charge in [-0.15, -0.1) is 0 Å². The molecule has 0 heterocycles. The Labute approximate surface area is 113 Å². The van der Waals surface area contributed by atoms with Crippen molar-refractivity contribution in [3.05, 3.63) is 53.8 Å². The van der Waals surface area contributed by atoms with Crippen molar-refractivity contribution in [3.8, 4) is 16.9 Å². The summed E-state index contributed by atoms with van der Waals surface area (Å²) in [6.45, 7) is 6.15. The van der Waals surface area contributed by atoms with Gasteiger partial charge in [0.05, 0.1) is 0 Å². The Bertz CT molecular complexity index is 568. The molecule has 2 rings (SSSR count). The van der Waals surface area contributed by atoms with E-state index in [9.17, 15) is 9.50 Å². The number of benzene rings is 2. The van der Waals surface area contributed by atoms with Crippen molar-refractivity contribution in [1.29, 1.82) is 0 Å². The van der Waals surface area contributed by atoms with Crippen molar-refractivity contribution < 1.29 is 9.50 Å². The van der Waals surface area contributed by atoms with Crippen molar-refractivity contribution in [2.24, 2.45) is 5.41 Å². The lowest BCUT2D eigenvalue weighted by Gasteiger charge is -2.19. The fourth-order valence-corrected chi connectivity index (χ4v) is 2.16. The molecule has 19 heavy (non-hydrogen) atoms. The van der Waals surface area contributed by atoms with E-state index in [1.54, 1.807) is 12.1 Å². The predicted octanol–water partition coefficient (Wildman–Crippen LogP) is 4.79. The molecule has 1 nitrogen and oxygen atoms in total. The molecule has 0 aliphatic rings. The molecule has 0 aliphatic heterocycles. The van der Waals surface area contributed by atoms with Gasteiger partial charge in [-0.2, -0.15) is 0 Å². The number of rotatable bonds is 2. The van der Waals surface area contributed by atoms with Gasteiger partial charge in [-0.25, -0.2) is 4.39 Å². The lowest BCUT2D eigenvalue weighted by atomic mass is 9.87. The van der Waals surface area contributed by atoms with Gasteiger partial charge in [-0.05, 0) is 23.0 Å². The monoisotopic (exact) mass is 258 g/mol. The summed E-state index contributed by atoms with van der Waals surface area (Å²) < 4.78 is 14.2. The average molecular weight is 258 g/mol. The Balaban J connectivity index is 2.44. The molecular formula is C17H19FO. The second-order valence-corrected chi connectivity index (χ2v) is 6.04. The minimum atomic E-state index is -0.503. The second-order valence-electron chi connectivity index (χ2n) is 6.04. The molecule has 0 unspecified atom stereocenters. The van der Waals surface area contributed by atoms with E-state index in [2.05, 4.69) is 20.8 Å². The van der Waals surface area contributed by atoms with E-state index in [4.69, 9.17) is 0 Å². The molecule has 0 saturated heterocycles. The van der Waals surface area contributed by atoms with Gasteiger partial charge in [0, 0.05) is 5.56 Å². The zero-order valence-electron chi connectivity index (χ0n) is 11.6. The maximum absolute atomic E-state index is 14.2. The first kappa shape index (κ1) is 13.6. The van der Waals surface area contributed by atoms with E-state index in [1.165, 1.54) is 0 Å². The molecule has 0 fully saturated rings. The Morgan fingerprint density at radius 3 is 2.21 bits per heavy atom. The van der Waals surface area contributed by atoms with Gasteiger partial charge < -0.3 is 5.11 Å². The van der Waals surface area contributed by atoms with Crippen LogP contribution >= 0.6 is 0 Å². The maximum Gasteiger partial charge on any atom is 0.168 e. The zero-order chi connectivity index (χ0) is 14.0. The highest BCUT2D eigenvalue weighted by Gasteiger charge is 2.18. The predicted molar refractivity (Wildman–Crippen MR) is 76.7 cm³/mol. The smallest absolute Gasteiger partial charge is 0.168 e. The van der Waals surface area contributed by atoms with Crippen LogP contribution in [0.1, 0.15) is 26.3 Å². The summed E-state index contributed by atoms with van der Waals surface area (Å²) in [6.07, 6.45) is 0.599. The van der Waals surface area contributed by atoms with E-state index >= 15 is 0 Å². The summed E-state index contributed by atoms with van der Waals surface area (Å²) in [5.74, 6) is -0.760. The summed E-state index contributed by atoms with van der Waals surface area (Å²) in [7, 11) is 0. The van der Waals surface area contributed by atoms with Crippen LogP contribution in [0.2, 0.25) is 0 Å². The van der Waals surface area contributed by atoms with Crippen molar-refractivity contribution in [3.63, 3.8) is 0 Å². The second kappa shape index (κ2) is 5.04. The Kier molecular flexibility index (Phi) is 3.61. The fraction of sp³-hybridized carbons (Fsp3) is 0.294. The first-order chi connectivity index (χ1) is 8.88. The molecule has 0 amide bonds. The molecule has 1 N–H and O–H groups in total. The first-order valence-electron chi connectivity index (χ1n) is 6.44. The third kappa shape index (κ3) is 3.14. The van der Waals surface area contributed by atoms with Crippen LogP contribution in [0.3, 0.4) is 0 Å². The summed E-state index contributed by atoms with van der Waals surface area (Å²) in [4.78, 5) is 0. The normalized spacial score (nSPS) is 11.6. The van der Waals surface area contributed by atoms with E-state index in [-0.39, 0.29) is 11.2 Å². The van der Waals surface area contributed by atoms with Crippen LogP contribution in [0.4, 0.5) is 4.39 Å². The van der Waals surface area contributed by atoms with Gasteiger partial charge >= 0.3 is 0 Å². The number of aromatic hydroxyl groups is 1. The minimum Gasteiger partial charge on any atom is -0.504 e. The lowest BCUT2D eigenvalue weighted by molar-refractivity contribution is 0.389. The number of hydrogen-bond acceptors (Lipinski definition) is 1. The average Bonchev–Trinajstić information content (AvgIpc) is 2.35.